The molecule has 0 aliphatic carbocycles. The van der Waals surface area contributed by atoms with E-state index in [4.69, 9.17) is 4.74 Å². The van der Waals surface area contributed by atoms with E-state index in [-0.39, 0.29) is 24.3 Å². The van der Waals surface area contributed by atoms with E-state index >= 15 is 0 Å². The highest BCUT2D eigenvalue weighted by molar-refractivity contribution is 6.08. The molecule has 1 N–H and O–H groups in total. The summed E-state index contributed by atoms with van der Waals surface area (Å²) in [4.78, 5) is 48.2. The zero-order chi connectivity index (χ0) is 28.2. The minimum Gasteiger partial charge on any atom is -0.394 e. The predicted molar refractivity (Wildman–Crippen MR) is 152 cm³/mol. The first-order chi connectivity index (χ1) is 19.3. The van der Waals surface area contributed by atoms with Gasteiger partial charge in [0, 0.05) is 24.5 Å². The molecule has 0 saturated carbocycles. The first kappa shape index (κ1) is 26.5. The van der Waals surface area contributed by atoms with E-state index in [9.17, 15) is 19.5 Å². The van der Waals surface area contributed by atoms with E-state index in [0.29, 0.717) is 19.5 Å². The van der Waals surface area contributed by atoms with Crippen molar-refractivity contribution in [1.82, 2.24) is 4.90 Å². The molecule has 3 amide bonds. The summed E-state index contributed by atoms with van der Waals surface area (Å²) in [7, 11) is 0. The standard InChI is InChI=1S/C32H35N3O5/c1-4-22(19-36)35-28-31(39)34(27-20(2)11-8-12-21(27)3)18-10-16-32(28)26(30(35)38)25-24(40-32)15-9-17-33(29(25)37)23-13-6-5-7-14-23/h5-16,22,24-26,28,36H,4,17-19H2,1-3H3/t22-,24-,25+,26-,28?,32-/m0/s1. The number of anilines is 2. The van der Waals surface area contributed by atoms with Crippen molar-refractivity contribution >= 4 is 29.1 Å². The monoisotopic (exact) mass is 541 g/mol. The van der Waals surface area contributed by atoms with Crippen LogP contribution in [-0.4, -0.2) is 71.2 Å². The Labute approximate surface area is 234 Å². The number of amides is 3. The second-order valence-electron chi connectivity index (χ2n) is 11.1. The normalized spacial score (nSPS) is 30.2. The molecule has 2 aromatic carbocycles. The lowest BCUT2D eigenvalue weighted by atomic mass is 9.77. The number of rotatable bonds is 5. The SMILES string of the molecule is CC[C@@H](CO)N1C(=O)[C@@H]2[C@@H]3C(=O)N(c4ccccc4)CC=C[C@@H]3O[C@@]23C=CCN(c2c(C)cccc2C)C(=O)C13. The molecule has 1 spiro atoms. The first-order valence-corrected chi connectivity index (χ1v) is 14.0. The van der Waals surface area contributed by atoms with Crippen molar-refractivity contribution in [2.24, 2.45) is 11.8 Å². The molecule has 6 atom stereocenters. The number of likely N-dealkylation sites (tertiary alicyclic amines) is 1. The van der Waals surface area contributed by atoms with E-state index in [1.807, 2.05) is 93.6 Å². The van der Waals surface area contributed by atoms with Crippen LogP contribution >= 0.6 is 0 Å². The summed E-state index contributed by atoms with van der Waals surface area (Å²) in [6, 6.07) is 13.7. The van der Waals surface area contributed by atoms with Crippen LogP contribution in [0.2, 0.25) is 0 Å². The summed E-state index contributed by atoms with van der Waals surface area (Å²) in [6.07, 6.45) is 7.31. The molecule has 0 bridgehead atoms. The maximum atomic E-state index is 14.6. The average Bonchev–Trinajstić information content (AvgIpc) is 3.27. The molecule has 0 aromatic heterocycles. The van der Waals surface area contributed by atoms with Crippen molar-refractivity contribution in [3.05, 3.63) is 84.0 Å². The fourth-order valence-corrected chi connectivity index (χ4v) is 7.16. The van der Waals surface area contributed by atoms with Crippen LogP contribution in [0.25, 0.3) is 0 Å². The third-order valence-electron chi connectivity index (χ3n) is 8.95. The number of aryl methyl sites for hydroxylation is 2. The van der Waals surface area contributed by atoms with E-state index < -0.39 is 35.6 Å². The van der Waals surface area contributed by atoms with E-state index in [1.54, 1.807) is 9.80 Å². The number of nitrogens with zero attached hydrogens (tertiary/aromatic N) is 3. The molecular formula is C32H35N3O5. The highest BCUT2D eigenvalue weighted by Gasteiger charge is 2.72. The topological polar surface area (TPSA) is 90.4 Å². The van der Waals surface area contributed by atoms with Gasteiger partial charge in [0.15, 0.2) is 0 Å². The van der Waals surface area contributed by atoms with Crippen LogP contribution in [0.5, 0.6) is 0 Å². The quantitative estimate of drug-likeness (QED) is 0.588. The van der Waals surface area contributed by atoms with Crippen LogP contribution in [-0.2, 0) is 19.1 Å². The lowest BCUT2D eigenvalue weighted by molar-refractivity contribution is -0.144. The van der Waals surface area contributed by atoms with Crippen LogP contribution in [0.4, 0.5) is 11.4 Å². The summed E-state index contributed by atoms with van der Waals surface area (Å²) >= 11 is 0. The summed E-state index contributed by atoms with van der Waals surface area (Å²) in [5.41, 5.74) is 2.12. The van der Waals surface area contributed by atoms with Crippen LogP contribution in [0.1, 0.15) is 24.5 Å². The Balaban J connectivity index is 1.49. The number of hydrogen-bond donors (Lipinski definition) is 1. The first-order valence-electron chi connectivity index (χ1n) is 14.0. The Morgan fingerprint density at radius 2 is 1.62 bits per heavy atom. The van der Waals surface area contributed by atoms with Crippen molar-refractivity contribution in [1.29, 1.82) is 0 Å². The summed E-state index contributed by atoms with van der Waals surface area (Å²) in [5, 5.41) is 10.3. The zero-order valence-corrected chi connectivity index (χ0v) is 23.1. The lowest BCUT2D eigenvalue weighted by Crippen LogP contribution is -2.58. The number of para-hydroxylation sites is 2. The van der Waals surface area contributed by atoms with E-state index in [1.165, 1.54) is 4.90 Å². The molecule has 1 unspecified atom stereocenters. The van der Waals surface area contributed by atoms with Crippen molar-refractivity contribution in [3.8, 4) is 0 Å². The zero-order valence-electron chi connectivity index (χ0n) is 23.1. The van der Waals surface area contributed by atoms with Crippen LogP contribution in [0, 0.1) is 25.7 Å². The van der Waals surface area contributed by atoms with Gasteiger partial charge in [-0.25, -0.2) is 0 Å². The Hall–Kier alpha value is -3.75. The number of hydrogen-bond acceptors (Lipinski definition) is 5. The van der Waals surface area contributed by atoms with Crippen LogP contribution in [0.3, 0.4) is 0 Å². The second kappa shape index (κ2) is 10.0. The number of aliphatic hydroxyl groups is 1. The van der Waals surface area contributed by atoms with Crippen molar-refractivity contribution in [2.45, 2.75) is 51.0 Å². The van der Waals surface area contributed by atoms with Crippen LogP contribution in [0.15, 0.2) is 72.8 Å². The summed E-state index contributed by atoms with van der Waals surface area (Å²) < 4.78 is 6.74. The van der Waals surface area contributed by atoms with Gasteiger partial charge < -0.3 is 24.5 Å². The maximum absolute atomic E-state index is 14.6. The summed E-state index contributed by atoms with van der Waals surface area (Å²) in [6.45, 7) is 6.20. The number of ether oxygens (including phenoxy) is 1. The number of carbonyl (C=O) groups is 3. The van der Waals surface area contributed by atoms with Gasteiger partial charge in [0.1, 0.15) is 11.6 Å². The molecule has 4 aliphatic heterocycles. The fourth-order valence-electron chi connectivity index (χ4n) is 7.16. The molecule has 4 aliphatic rings. The third-order valence-corrected chi connectivity index (χ3v) is 8.95. The number of benzene rings is 2. The molecule has 2 fully saturated rings. The molecule has 2 saturated heterocycles. The van der Waals surface area contributed by atoms with Crippen molar-refractivity contribution in [2.75, 3.05) is 29.5 Å². The molecule has 208 valence electrons. The average molecular weight is 542 g/mol. The smallest absolute Gasteiger partial charge is 0.253 e. The lowest BCUT2D eigenvalue weighted by Gasteiger charge is -2.38. The molecule has 6 rings (SSSR count). The Morgan fingerprint density at radius 3 is 2.30 bits per heavy atom. The Kier molecular flexibility index (Phi) is 6.63. The van der Waals surface area contributed by atoms with Gasteiger partial charge in [-0.05, 0) is 43.5 Å². The Bertz CT molecular complexity index is 1380. The summed E-state index contributed by atoms with van der Waals surface area (Å²) in [5.74, 6) is -2.50. The number of aliphatic hydroxyl groups excluding tert-OH is 1. The second-order valence-corrected chi connectivity index (χ2v) is 11.1. The maximum Gasteiger partial charge on any atom is 0.253 e. The largest absolute Gasteiger partial charge is 0.394 e. The number of fused-ring (bicyclic) bond motifs is 2. The van der Waals surface area contributed by atoms with E-state index in [0.717, 1.165) is 22.5 Å². The highest BCUT2D eigenvalue weighted by Crippen LogP contribution is 2.54. The van der Waals surface area contributed by atoms with Gasteiger partial charge in [0.25, 0.3) is 5.91 Å². The van der Waals surface area contributed by atoms with Gasteiger partial charge in [-0.2, -0.15) is 0 Å². The van der Waals surface area contributed by atoms with Gasteiger partial charge in [-0.15, -0.1) is 0 Å². The molecule has 2 aromatic rings. The third kappa shape index (κ3) is 3.77. The van der Waals surface area contributed by atoms with E-state index in [2.05, 4.69) is 0 Å². The minimum atomic E-state index is -1.34. The van der Waals surface area contributed by atoms with Gasteiger partial charge in [0.05, 0.1) is 30.6 Å². The molecule has 40 heavy (non-hydrogen) atoms. The molecule has 8 heteroatoms. The Morgan fingerprint density at radius 1 is 0.925 bits per heavy atom. The van der Waals surface area contributed by atoms with Gasteiger partial charge in [-0.1, -0.05) is 67.6 Å². The van der Waals surface area contributed by atoms with Crippen molar-refractivity contribution < 1.29 is 24.2 Å². The highest BCUT2D eigenvalue weighted by atomic mass is 16.5. The molecule has 8 nitrogen and oxygen atoms in total. The van der Waals surface area contributed by atoms with Gasteiger partial charge >= 0.3 is 0 Å². The van der Waals surface area contributed by atoms with Gasteiger partial charge in [0.2, 0.25) is 11.8 Å². The predicted octanol–water partition coefficient (Wildman–Crippen LogP) is 3.16. The molecule has 4 heterocycles. The minimum absolute atomic E-state index is 0.203. The molecule has 0 radical (unpaired) electrons. The molecular weight excluding hydrogens is 506 g/mol. The van der Waals surface area contributed by atoms with Crippen molar-refractivity contribution in [3.63, 3.8) is 0 Å². The van der Waals surface area contributed by atoms with Gasteiger partial charge in [-0.3, -0.25) is 14.4 Å². The van der Waals surface area contributed by atoms with Crippen LogP contribution < -0.4 is 9.80 Å². The fraction of sp³-hybridized carbons (Fsp3) is 0.406. The number of carbonyl (C=O) groups excluding carboxylic acids is 3.